The summed E-state index contributed by atoms with van der Waals surface area (Å²) in [4.78, 5) is 4.37. The van der Waals surface area contributed by atoms with Gasteiger partial charge in [0.2, 0.25) is 0 Å². The van der Waals surface area contributed by atoms with Crippen LogP contribution in [0.5, 0.6) is 0 Å². The minimum Gasteiger partial charge on any atom is -0.366 e. The molecule has 2 rings (SSSR count). The van der Waals surface area contributed by atoms with Crippen LogP contribution >= 0.6 is 0 Å². The molecule has 0 radical (unpaired) electrons. The van der Waals surface area contributed by atoms with Crippen molar-refractivity contribution in [2.45, 2.75) is 26.8 Å². The summed E-state index contributed by atoms with van der Waals surface area (Å²) in [7, 11) is 0. The number of fused-ring (bicyclic) bond motifs is 1. The van der Waals surface area contributed by atoms with Crippen molar-refractivity contribution >= 4 is 11.3 Å². The molecule has 2 aromatic rings. The van der Waals surface area contributed by atoms with Crippen molar-refractivity contribution in [3.05, 3.63) is 24.2 Å². The molecule has 14 heavy (non-hydrogen) atoms. The number of hydrogen-bond acceptors (Lipinski definition) is 3. The third-order valence-electron chi connectivity index (χ3n) is 1.92. The third kappa shape index (κ3) is 1.55. The summed E-state index contributed by atoms with van der Waals surface area (Å²) in [6.07, 6.45) is 1.93. The van der Waals surface area contributed by atoms with Crippen LogP contribution < -0.4 is 5.32 Å². The lowest BCUT2D eigenvalue weighted by molar-refractivity contribution is 0.833. The molecule has 4 heteroatoms. The fraction of sp³-hybridized carbons (Fsp3) is 0.400. The largest absolute Gasteiger partial charge is 0.366 e. The van der Waals surface area contributed by atoms with E-state index < -0.39 is 0 Å². The normalized spacial score (nSPS) is 11.1. The lowest BCUT2D eigenvalue weighted by Crippen LogP contribution is -2.13. The first-order valence-corrected chi connectivity index (χ1v) is 4.75. The molecule has 2 aromatic heterocycles. The highest BCUT2D eigenvalue weighted by molar-refractivity contribution is 5.67. The number of nitrogens with zero attached hydrogens (tertiary/aromatic N) is 3. The number of anilines is 1. The van der Waals surface area contributed by atoms with Crippen LogP contribution in [0.3, 0.4) is 0 Å². The van der Waals surface area contributed by atoms with Gasteiger partial charge in [-0.1, -0.05) is 0 Å². The molecule has 0 aliphatic heterocycles. The van der Waals surface area contributed by atoms with Crippen molar-refractivity contribution in [3.63, 3.8) is 0 Å². The van der Waals surface area contributed by atoms with Crippen molar-refractivity contribution in [1.29, 1.82) is 0 Å². The van der Waals surface area contributed by atoms with Gasteiger partial charge in [0.1, 0.15) is 11.3 Å². The van der Waals surface area contributed by atoms with Crippen molar-refractivity contribution in [2.24, 2.45) is 0 Å². The zero-order valence-corrected chi connectivity index (χ0v) is 8.65. The van der Waals surface area contributed by atoms with Gasteiger partial charge in [-0.2, -0.15) is 5.10 Å². The van der Waals surface area contributed by atoms with Crippen molar-refractivity contribution in [1.82, 2.24) is 14.6 Å². The first-order valence-electron chi connectivity index (χ1n) is 4.75. The van der Waals surface area contributed by atoms with E-state index in [4.69, 9.17) is 0 Å². The molecule has 0 saturated heterocycles. The number of aryl methyl sites for hydroxylation is 1. The van der Waals surface area contributed by atoms with Crippen LogP contribution in [-0.4, -0.2) is 20.6 Å². The second kappa shape index (κ2) is 3.29. The van der Waals surface area contributed by atoms with Crippen molar-refractivity contribution < 1.29 is 0 Å². The molecule has 0 amide bonds. The number of aromatic nitrogens is 3. The Hall–Kier alpha value is -1.58. The van der Waals surface area contributed by atoms with Crippen LogP contribution in [0.2, 0.25) is 0 Å². The van der Waals surface area contributed by atoms with Crippen molar-refractivity contribution in [3.8, 4) is 0 Å². The molecule has 1 N–H and O–H groups in total. The summed E-state index contributed by atoms with van der Waals surface area (Å²) in [5.74, 6) is 1.68. The summed E-state index contributed by atoms with van der Waals surface area (Å²) in [5.41, 5.74) is 1.02. The highest BCUT2D eigenvalue weighted by atomic mass is 15.3. The highest BCUT2D eigenvalue weighted by Crippen LogP contribution is 2.14. The molecule has 2 heterocycles. The average molecular weight is 190 g/mol. The second-order valence-electron chi connectivity index (χ2n) is 3.64. The molecule has 0 aromatic carbocycles. The van der Waals surface area contributed by atoms with E-state index in [1.54, 1.807) is 0 Å². The zero-order chi connectivity index (χ0) is 10.1. The van der Waals surface area contributed by atoms with E-state index in [-0.39, 0.29) is 0 Å². The molecule has 0 aliphatic rings. The van der Waals surface area contributed by atoms with E-state index in [0.717, 1.165) is 17.2 Å². The fourth-order valence-corrected chi connectivity index (χ4v) is 1.42. The monoisotopic (exact) mass is 190 g/mol. The van der Waals surface area contributed by atoms with E-state index in [1.807, 2.05) is 29.8 Å². The number of rotatable bonds is 2. The van der Waals surface area contributed by atoms with Crippen LogP contribution in [0.1, 0.15) is 19.7 Å². The van der Waals surface area contributed by atoms with Gasteiger partial charge < -0.3 is 5.32 Å². The molecule has 0 unspecified atom stereocenters. The summed E-state index contributed by atoms with van der Waals surface area (Å²) >= 11 is 0. The van der Waals surface area contributed by atoms with Crippen LogP contribution in [0.4, 0.5) is 5.82 Å². The Morgan fingerprint density at radius 2 is 2.21 bits per heavy atom. The molecule has 0 atom stereocenters. The first-order chi connectivity index (χ1) is 6.66. The van der Waals surface area contributed by atoms with E-state index in [1.165, 1.54) is 0 Å². The molecule has 0 spiro atoms. The Morgan fingerprint density at radius 3 is 2.93 bits per heavy atom. The smallest absolute Gasteiger partial charge is 0.154 e. The second-order valence-corrected chi connectivity index (χ2v) is 3.64. The molecular weight excluding hydrogens is 176 g/mol. The maximum atomic E-state index is 4.37. The molecular formula is C10H14N4. The lowest BCUT2D eigenvalue weighted by atomic mass is 10.4. The predicted octanol–water partition coefficient (Wildman–Crippen LogP) is 1.86. The van der Waals surface area contributed by atoms with Gasteiger partial charge in [0.05, 0.1) is 0 Å². The molecule has 0 saturated carbocycles. The van der Waals surface area contributed by atoms with Crippen LogP contribution in [0, 0.1) is 6.92 Å². The molecule has 0 bridgehead atoms. The molecule has 4 nitrogen and oxygen atoms in total. The minimum atomic E-state index is 0.378. The van der Waals surface area contributed by atoms with Gasteiger partial charge in [0.15, 0.2) is 5.82 Å². The van der Waals surface area contributed by atoms with Gasteiger partial charge in [-0.25, -0.2) is 9.50 Å². The van der Waals surface area contributed by atoms with Gasteiger partial charge in [-0.05, 0) is 32.9 Å². The zero-order valence-electron chi connectivity index (χ0n) is 8.65. The SMILES string of the molecule is Cc1nc(NC(C)C)c2cccn2n1. The van der Waals surface area contributed by atoms with E-state index in [2.05, 4.69) is 29.2 Å². The Labute approximate surface area is 83.0 Å². The topological polar surface area (TPSA) is 42.2 Å². The van der Waals surface area contributed by atoms with Crippen LogP contribution in [0.25, 0.3) is 5.52 Å². The van der Waals surface area contributed by atoms with E-state index in [9.17, 15) is 0 Å². The summed E-state index contributed by atoms with van der Waals surface area (Å²) in [6, 6.07) is 4.35. The molecule has 0 aliphatic carbocycles. The number of hydrogen-bond donors (Lipinski definition) is 1. The maximum absolute atomic E-state index is 4.37. The minimum absolute atomic E-state index is 0.378. The fourth-order valence-electron chi connectivity index (χ4n) is 1.42. The quantitative estimate of drug-likeness (QED) is 0.786. The Bertz CT molecular complexity index is 444. The highest BCUT2D eigenvalue weighted by Gasteiger charge is 2.05. The molecule has 0 fully saturated rings. The Kier molecular flexibility index (Phi) is 2.11. The molecule has 74 valence electrons. The van der Waals surface area contributed by atoms with Gasteiger partial charge in [-0.3, -0.25) is 0 Å². The average Bonchev–Trinajstić information content (AvgIpc) is 2.50. The van der Waals surface area contributed by atoms with E-state index >= 15 is 0 Å². The van der Waals surface area contributed by atoms with Gasteiger partial charge in [-0.15, -0.1) is 0 Å². The first kappa shape index (κ1) is 8.99. The lowest BCUT2D eigenvalue weighted by Gasteiger charge is -2.10. The van der Waals surface area contributed by atoms with Gasteiger partial charge >= 0.3 is 0 Å². The van der Waals surface area contributed by atoms with Crippen LogP contribution in [-0.2, 0) is 0 Å². The number of nitrogens with one attached hydrogen (secondary N) is 1. The third-order valence-corrected chi connectivity index (χ3v) is 1.92. The van der Waals surface area contributed by atoms with Gasteiger partial charge in [0.25, 0.3) is 0 Å². The summed E-state index contributed by atoms with van der Waals surface area (Å²) in [5, 5.41) is 7.57. The standard InChI is InChI=1S/C10H14N4/c1-7(2)11-10-9-5-4-6-14(9)13-8(3)12-10/h4-7H,1-3H3,(H,11,12,13). The van der Waals surface area contributed by atoms with Crippen molar-refractivity contribution in [2.75, 3.05) is 5.32 Å². The Morgan fingerprint density at radius 1 is 1.43 bits per heavy atom. The van der Waals surface area contributed by atoms with E-state index in [0.29, 0.717) is 6.04 Å². The predicted molar refractivity (Wildman–Crippen MR) is 56.5 cm³/mol. The summed E-state index contributed by atoms with van der Waals surface area (Å²) in [6.45, 7) is 6.08. The van der Waals surface area contributed by atoms with Crippen LogP contribution in [0.15, 0.2) is 18.3 Å². The van der Waals surface area contributed by atoms with Gasteiger partial charge in [0, 0.05) is 12.2 Å². The summed E-state index contributed by atoms with van der Waals surface area (Å²) < 4.78 is 1.84. The Balaban J connectivity index is 2.55. The maximum Gasteiger partial charge on any atom is 0.154 e.